The summed E-state index contributed by atoms with van der Waals surface area (Å²) >= 11 is 0. The summed E-state index contributed by atoms with van der Waals surface area (Å²) in [5.74, 6) is 0.0854. The van der Waals surface area contributed by atoms with E-state index in [2.05, 4.69) is 19.2 Å². The summed E-state index contributed by atoms with van der Waals surface area (Å²) in [6.45, 7) is 7.14. The average Bonchev–Trinajstić information content (AvgIpc) is 2.90. The van der Waals surface area contributed by atoms with Crippen LogP contribution in [0, 0.1) is 5.92 Å². The number of rotatable bonds is 6. The van der Waals surface area contributed by atoms with Gasteiger partial charge in [-0.05, 0) is 30.5 Å². The SMILES string of the molecule is COC[C@H](C)N1C[C@@H](C(=O)Nc2ccc(C(C)C)cc2)CC1=O. The van der Waals surface area contributed by atoms with Gasteiger partial charge in [-0.25, -0.2) is 0 Å². The van der Waals surface area contributed by atoms with E-state index >= 15 is 0 Å². The average molecular weight is 318 g/mol. The summed E-state index contributed by atoms with van der Waals surface area (Å²) in [7, 11) is 1.61. The third-order valence-electron chi connectivity index (χ3n) is 4.31. The molecule has 126 valence electrons. The molecule has 2 atom stereocenters. The van der Waals surface area contributed by atoms with Gasteiger partial charge >= 0.3 is 0 Å². The maximum Gasteiger partial charge on any atom is 0.229 e. The maximum absolute atomic E-state index is 12.4. The van der Waals surface area contributed by atoms with Gasteiger partial charge in [-0.15, -0.1) is 0 Å². The zero-order chi connectivity index (χ0) is 17.0. The molecule has 1 N–H and O–H groups in total. The van der Waals surface area contributed by atoms with Crippen LogP contribution in [0.3, 0.4) is 0 Å². The molecule has 1 aromatic rings. The Morgan fingerprint density at radius 1 is 1.30 bits per heavy atom. The van der Waals surface area contributed by atoms with Crippen LogP contribution in [0.25, 0.3) is 0 Å². The normalized spacial score (nSPS) is 19.3. The van der Waals surface area contributed by atoms with Crippen molar-refractivity contribution >= 4 is 17.5 Å². The molecule has 2 rings (SSSR count). The first kappa shape index (κ1) is 17.5. The topological polar surface area (TPSA) is 58.6 Å². The molecule has 0 radical (unpaired) electrons. The van der Waals surface area contributed by atoms with E-state index in [0.717, 1.165) is 5.69 Å². The van der Waals surface area contributed by atoms with Crippen LogP contribution >= 0.6 is 0 Å². The first-order valence-electron chi connectivity index (χ1n) is 8.11. The minimum Gasteiger partial charge on any atom is -0.383 e. The highest BCUT2D eigenvalue weighted by Crippen LogP contribution is 2.23. The van der Waals surface area contributed by atoms with Crippen molar-refractivity contribution in [1.82, 2.24) is 4.90 Å². The summed E-state index contributed by atoms with van der Waals surface area (Å²) in [5, 5.41) is 2.91. The van der Waals surface area contributed by atoms with E-state index in [0.29, 0.717) is 19.1 Å². The number of hydrogen-bond donors (Lipinski definition) is 1. The second kappa shape index (κ2) is 7.59. The molecule has 0 aromatic heterocycles. The van der Waals surface area contributed by atoms with Gasteiger partial charge in [-0.2, -0.15) is 0 Å². The second-order valence-corrected chi connectivity index (χ2v) is 6.52. The molecule has 0 unspecified atom stereocenters. The lowest BCUT2D eigenvalue weighted by molar-refractivity contribution is -0.130. The van der Waals surface area contributed by atoms with Crippen LogP contribution < -0.4 is 5.32 Å². The van der Waals surface area contributed by atoms with E-state index < -0.39 is 0 Å². The summed E-state index contributed by atoms with van der Waals surface area (Å²) in [6.07, 6.45) is 0.268. The van der Waals surface area contributed by atoms with Crippen LogP contribution in [-0.4, -0.2) is 43.0 Å². The molecule has 1 aliphatic rings. The number of likely N-dealkylation sites (tertiary alicyclic amines) is 1. The number of nitrogens with zero attached hydrogens (tertiary/aromatic N) is 1. The van der Waals surface area contributed by atoms with E-state index in [1.807, 2.05) is 31.2 Å². The number of amides is 2. The molecule has 2 amide bonds. The summed E-state index contributed by atoms with van der Waals surface area (Å²) in [6, 6.07) is 7.86. The molecule has 5 nitrogen and oxygen atoms in total. The summed E-state index contributed by atoms with van der Waals surface area (Å²) in [4.78, 5) is 26.2. The van der Waals surface area contributed by atoms with E-state index in [-0.39, 0.29) is 30.2 Å². The highest BCUT2D eigenvalue weighted by atomic mass is 16.5. The predicted molar refractivity (Wildman–Crippen MR) is 90.3 cm³/mol. The monoisotopic (exact) mass is 318 g/mol. The van der Waals surface area contributed by atoms with E-state index in [1.165, 1.54) is 5.56 Å². The number of nitrogens with one attached hydrogen (secondary N) is 1. The Balaban J connectivity index is 1.95. The van der Waals surface area contributed by atoms with Gasteiger partial charge in [0.25, 0.3) is 0 Å². The third-order valence-corrected chi connectivity index (χ3v) is 4.31. The fraction of sp³-hybridized carbons (Fsp3) is 0.556. The summed E-state index contributed by atoms with van der Waals surface area (Å²) in [5.41, 5.74) is 2.01. The van der Waals surface area contributed by atoms with Gasteiger partial charge in [0.05, 0.1) is 18.6 Å². The number of hydrogen-bond acceptors (Lipinski definition) is 3. The van der Waals surface area contributed by atoms with Crippen LogP contribution in [0.5, 0.6) is 0 Å². The molecule has 0 spiro atoms. The Hall–Kier alpha value is -1.88. The molecule has 1 aliphatic heterocycles. The molecule has 1 aromatic carbocycles. The molecule has 0 bridgehead atoms. The first-order chi connectivity index (χ1) is 10.9. The lowest BCUT2D eigenvalue weighted by Gasteiger charge is -2.23. The molecular weight excluding hydrogens is 292 g/mol. The highest BCUT2D eigenvalue weighted by Gasteiger charge is 2.36. The van der Waals surface area contributed by atoms with Crippen molar-refractivity contribution in [2.75, 3.05) is 25.6 Å². The third kappa shape index (κ3) is 4.32. The number of ether oxygens (including phenoxy) is 1. The Kier molecular flexibility index (Phi) is 5.77. The van der Waals surface area contributed by atoms with Gasteiger partial charge in [0.2, 0.25) is 11.8 Å². The van der Waals surface area contributed by atoms with E-state index in [4.69, 9.17) is 4.74 Å². The van der Waals surface area contributed by atoms with Crippen LogP contribution in [-0.2, 0) is 14.3 Å². The summed E-state index contributed by atoms with van der Waals surface area (Å²) < 4.78 is 5.09. The fourth-order valence-corrected chi connectivity index (χ4v) is 2.86. The molecular formula is C18H26N2O3. The van der Waals surface area contributed by atoms with Gasteiger partial charge in [0.1, 0.15) is 0 Å². The van der Waals surface area contributed by atoms with Gasteiger partial charge in [0, 0.05) is 25.8 Å². The van der Waals surface area contributed by atoms with Crippen LogP contribution in [0.15, 0.2) is 24.3 Å². The minimum absolute atomic E-state index is 0.00405. The lowest BCUT2D eigenvalue weighted by atomic mass is 10.0. The van der Waals surface area contributed by atoms with Gasteiger partial charge in [0.15, 0.2) is 0 Å². The van der Waals surface area contributed by atoms with Crippen molar-refractivity contribution in [3.63, 3.8) is 0 Å². The number of carbonyl (C=O) groups excluding carboxylic acids is 2. The van der Waals surface area contributed by atoms with Crippen LogP contribution in [0.1, 0.15) is 38.7 Å². The Labute approximate surface area is 138 Å². The molecule has 1 fully saturated rings. The second-order valence-electron chi connectivity index (χ2n) is 6.52. The van der Waals surface area contributed by atoms with Crippen molar-refractivity contribution < 1.29 is 14.3 Å². The predicted octanol–water partition coefficient (Wildman–Crippen LogP) is 2.63. The number of benzene rings is 1. The molecule has 1 saturated heterocycles. The molecule has 5 heteroatoms. The Morgan fingerprint density at radius 3 is 2.52 bits per heavy atom. The molecule has 0 aliphatic carbocycles. The highest BCUT2D eigenvalue weighted by molar-refractivity contribution is 5.97. The number of methoxy groups -OCH3 is 1. The standard InChI is InChI=1S/C18H26N2O3/c1-12(2)14-5-7-16(8-6-14)19-18(22)15-9-17(21)20(10-15)13(3)11-23-4/h5-8,12-13,15H,9-11H2,1-4H3,(H,19,22)/t13-,15-/m0/s1. The Bertz CT molecular complexity index is 554. The zero-order valence-corrected chi connectivity index (χ0v) is 14.3. The minimum atomic E-state index is -0.299. The Morgan fingerprint density at radius 2 is 1.96 bits per heavy atom. The smallest absolute Gasteiger partial charge is 0.229 e. The van der Waals surface area contributed by atoms with Gasteiger partial charge in [-0.3, -0.25) is 9.59 Å². The van der Waals surface area contributed by atoms with Crippen LogP contribution in [0.4, 0.5) is 5.69 Å². The molecule has 1 heterocycles. The lowest BCUT2D eigenvalue weighted by Crippen LogP contribution is -2.38. The number of anilines is 1. The molecule has 23 heavy (non-hydrogen) atoms. The number of carbonyl (C=O) groups is 2. The molecule has 0 saturated carbocycles. The van der Waals surface area contributed by atoms with Gasteiger partial charge in [-0.1, -0.05) is 26.0 Å². The first-order valence-corrected chi connectivity index (χ1v) is 8.11. The van der Waals surface area contributed by atoms with Gasteiger partial charge < -0.3 is 15.0 Å². The van der Waals surface area contributed by atoms with Crippen molar-refractivity contribution in [2.45, 2.75) is 39.2 Å². The largest absolute Gasteiger partial charge is 0.383 e. The van der Waals surface area contributed by atoms with Crippen LogP contribution in [0.2, 0.25) is 0 Å². The van der Waals surface area contributed by atoms with Crippen molar-refractivity contribution in [3.8, 4) is 0 Å². The quantitative estimate of drug-likeness (QED) is 0.877. The maximum atomic E-state index is 12.4. The van der Waals surface area contributed by atoms with Crippen molar-refractivity contribution in [2.24, 2.45) is 5.92 Å². The van der Waals surface area contributed by atoms with Crippen molar-refractivity contribution in [3.05, 3.63) is 29.8 Å². The zero-order valence-electron chi connectivity index (χ0n) is 14.3. The van der Waals surface area contributed by atoms with Crippen molar-refractivity contribution in [1.29, 1.82) is 0 Å². The fourth-order valence-electron chi connectivity index (χ4n) is 2.86. The van der Waals surface area contributed by atoms with E-state index in [1.54, 1.807) is 12.0 Å². The van der Waals surface area contributed by atoms with E-state index in [9.17, 15) is 9.59 Å².